The van der Waals surface area contributed by atoms with Gasteiger partial charge in [0, 0.05) is 47.6 Å². The minimum Gasteiger partial charge on any atom is -0.399 e. The van der Waals surface area contributed by atoms with Crippen molar-refractivity contribution in [3.63, 3.8) is 0 Å². The molecule has 0 bridgehead atoms. The van der Waals surface area contributed by atoms with Gasteiger partial charge >= 0.3 is 0 Å². The standard InChI is InChI=1S/C24H23FN8O/c1-12-5-14(13(2)26)6-18(25)23(12)19-7-15-8-20(29-10-17(15)24(27)30-19)31-21-9-16-3-4-28-22(34)11-33(16)32-21/h5-10H,2-4,11,26H2,1H3,(H2,27,30)(H,28,34)(H,29,31,32). The molecule has 4 aromatic rings. The number of hydrogen-bond acceptors (Lipinski definition) is 7. The summed E-state index contributed by atoms with van der Waals surface area (Å²) < 4.78 is 16.7. The van der Waals surface area contributed by atoms with Crippen LogP contribution in [0.4, 0.5) is 21.8 Å². The number of halogens is 1. The lowest BCUT2D eigenvalue weighted by molar-refractivity contribution is -0.121. The number of fused-ring (bicyclic) bond motifs is 2. The third kappa shape index (κ3) is 3.90. The molecule has 0 aliphatic carbocycles. The van der Waals surface area contributed by atoms with Crippen LogP contribution in [0.15, 0.2) is 43.1 Å². The summed E-state index contributed by atoms with van der Waals surface area (Å²) in [5, 5.41) is 11.9. The van der Waals surface area contributed by atoms with Gasteiger partial charge in [-0.05, 0) is 47.7 Å². The van der Waals surface area contributed by atoms with Crippen LogP contribution in [0.1, 0.15) is 16.8 Å². The van der Waals surface area contributed by atoms with Crippen LogP contribution in [-0.4, -0.2) is 32.2 Å². The number of carbonyl (C=O) groups excluding carboxylic acids is 1. The number of nitrogens with one attached hydrogen (secondary N) is 2. The molecule has 1 aliphatic rings. The number of hydrogen-bond donors (Lipinski definition) is 4. The summed E-state index contributed by atoms with van der Waals surface area (Å²) in [6.07, 6.45) is 2.31. The maximum Gasteiger partial charge on any atom is 0.241 e. The third-order valence-electron chi connectivity index (χ3n) is 5.78. The van der Waals surface area contributed by atoms with Gasteiger partial charge in [-0.25, -0.2) is 14.4 Å². The fraction of sp³-hybridized carbons (Fsp3) is 0.167. The van der Waals surface area contributed by atoms with Gasteiger partial charge in [-0.3, -0.25) is 9.48 Å². The molecule has 0 saturated carbocycles. The summed E-state index contributed by atoms with van der Waals surface area (Å²) in [5.41, 5.74) is 15.1. The number of benzene rings is 1. The van der Waals surface area contributed by atoms with E-state index in [2.05, 4.69) is 32.3 Å². The minimum absolute atomic E-state index is 0.0703. The first-order chi connectivity index (χ1) is 16.3. The fourth-order valence-electron chi connectivity index (χ4n) is 4.13. The molecule has 0 fully saturated rings. The molecule has 1 amide bonds. The number of nitrogens with two attached hydrogens (primary N) is 2. The number of carbonyl (C=O) groups is 1. The highest BCUT2D eigenvalue weighted by atomic mass is 19.1. The van der Waals surface area contributed by atoms with E-state index < -0.39 is 5.82 Å². The second-order valence-corrected chi connectivity index (χ2v) is 8.26. The molecule has 4 heterocycles. The Hall–Kier alpha value is -4.47. The number of nitrogen functional groups attached to an aromatic ring is 1. The van der Waals surface area contributed by atoms with E-state index >= 15 is 0 Å². The summed E-state index contributed by atoms with van der Waals surface area (Å²) in [6.45, 7) is 6.21. The van der Waals surface area contributed by atoms with Crippen molar-refractivity contribution >= 4 is 39.8 Å². The van der Waals surface area contributed by atoms with Crippen LogP contribution in [0.25, 0.3) is 27.7 Å². The van der Waals surface area contributed by atoms with Gasteiger partial charge in [0.1, 0.15) is 24.0 Å². The van der Waals surface area contributed by atoms with E-state index in [0.717, 1.165) is 11.1 Å². The Balaban J connectivity index is 1.51. The van der Waals surface area contributed by atoms with E-state index in [1.165, 1.54) is 6.07 Å². The van der Waals surface area contributed by atoms with Crippen LogP contribution in [0.2, 0.25) is 0 Å². The Labute approximate surface area is 194 Å². The Kier molecular flexibility index (Phi) is 5.12. The lowest BCUT2D eigenvalue weighted by Gasteiger charge is -2.12. The summed E-state index contributed by atoms with van der Waals surface area (Å²) >= 11 is 0. The number of aryl methyl sites for hydroxylation is 1. The van der Waals surface area contributed by atoms with Crippen molar-refractivity contribution in [1.29, 1.82) is 0 Å². The molecule has 34 heavy (non-hydrogen) atoms. The van der Waals surface area contributed by atoms with Crippen LogP contribution in [0.5, 0.6) is 0 Å². The van der Waals surface area contributed by atoms with Gasteiger partial charge in [-0.15, -0.1) is 0 Å². The van der Waals surface area contributed by atoms with Gasteiger partial charge in [0.25, 0.3) is 0 Å². The van der Waals surface area contributed by atoms with Gasteiger partial charge in [0.05, 0.1) is 5.69 Å². The zero-order chi connectivity index (χ0) is 24.0. The Morgan fingerprint density at radius 1 is 1.24 bits per heavy atom. The highest BCUT2D eigenvalue weighted by Crippen LogP contribution is 2.32. The summed E-state index contributed by atoms with van der Waals surface area (Å²) in [4.78, 5) is 20.6. The molecule has 0 unspecified atom stereocenters. The number of anilines is 3. The first-order valence-corrected chi connectivity index (χ1v) is 10.7. The van der Waals surface area contributed by atoms with Gasteiger partial charge in [-0.1, -0.05) is 6.58 Å². The maximum atomic E-state index is 15.0. The quantitative estimate of drug-likeness (QED) is 0.369. The predicted octanol–water partition coefficient (Wildman–Crippen LogP) is 2.87. The highest BCUT2D eigenvalue weighted by molar-refractivity contribution is 5.95. The van der Waals surface area contributed by atoms with Crippen molar-refractivity contribution in [2.75, 3.05) is 17.6 Å². The molecule has 9 nitrogen and oxygen atoms in total. The van der Waals surface area contributed by atoms with Crippen LogP contribution < -0.4 is 22.1 Å². The Bertz CT molecular complexity index is 1450. The molecule has 5 rings (SSSR count). The van der Waals surface area contributed by atoms with E-state index in [1.807, 2.05) is 6.07 Å². The molecule has 1 aliphatic heterocycles. The number of aromatic nitrogens is 4. The van der Waals surface area contributed by atoms with Gasteiger partial charge in [-0.2, -0.15) is 5.10 Å². The van der Waals surface area contributed by atoms with Gasteiger partial charge in [0.2, 0.25) is 5.91 Å². The molecule has 1 aromatic carbocycles. The van der Waals surface area contributed by atoms with Crippen molar-refractivity contribution in [3.8, 4) is 11.3 Å². The van der Waals surface area contributed by atoms with Crippen LogP contribution in [0.3, 0.4) is 0 Å². The van der Waals surface area contributed by atoms with E-state index in [1.54, 1.807) is 36.0 Å². The zero-order valence-corrected chi connectivity index (χ0v) is 18.5. The van der Waals surface area contributed by atoms with E-state index in [4.69, 9.17) is 11.5 Å². The third-order valence-corrected chi connectivity index (χ3v) is 5.78. The SMILES string of the molecule is C=C(N)c1cc(C)c(-c2cc3cc(Nc4cc5n(n4)CC(=O)NCC5)ncc3c(N)n2)c(F)c1. The van der Waals surface area contributed by atoms with Crippen LogP contribution in [-0.2, 0) is 17.8 Å². The molecule has 172 valence electrons. The monoisotopic (exact) mass is 458 g/mol. The fourth-order valence-corrected chi connectivity index (χ4v) is 4.13. The first-order valence-electron chi connectivity index (χ1n) is 10.7. The Morgan fingerprint density at radius 3 is 2.82 bits per heavy atom. The van der Waals surface area contributed by atoms with Crippen molar-refractivity contribution in [3.05, 3.63) is 65.7 Å². The zero-order valence-electron chi connectivity index (χ0n) is 18.5. The van der Waals surface area contributed by atoms with Crippen molar-refractivity contribution in [2.24, 2.45) is 5.73 Å². The van der Waals surface area contributed by atoms with Crippen LogP contribution >= 0.6 is 0 Å². The predicted molar refractivity (Wildman–Crippen MR) is 130 cm³/mol. The second kappa shape index (κ2) is 8.14. The average molecular weight is 459 g/mol. The molecule has 0 spiro atoms. The lowest BCUT2D eigenvalue weighted by Crippen LogP contribution is -2.25. The number of pyridine rings is 2. The minimum atomic E-state index is -0.455. The van der Waals surface area contributed by atoms with Crippen LogP contribution in [0, 0.1) is 12.7 Å². The molecule has 0 radical (unpaired) electrons. The highest BCUT2D eigenvalue weighted by Gasteiger charge is 2.17. The second-order valence-electron chi connectivity index (χ2n) is 8.26. The summed E-state index contributed by atoms with van der Waals surface area (Å²) in [6, 6.07) is 8.58. The normalized spacial score (nSPS) is 13.3. The number of amides is 1. The van der Waals surface area contributed by atoms with Crippen molar-refractivity contribution in [2.45, 2.75) is 19.9 Å². The van der Waals surface area contributed by atoms with E-state index in [0.29, 0.717) is 58.1 Å². The smallest absolute Gasteiger partial charge is 0.241 e. The van der Waals surface area contributed by atoms with E-state index in [-0.39, 0.29) is 18.3 Å². The molecular weight excluding hydrogens is 435 g/mol. The summed E-state index contributed by atoms with van der Waals surface area (Å²) in [7, 11) is 0. The van der Waals surface area contributed by atoms with E-state index in [9.17, 15) is 9.18 Å². The number of rotatable bonds is 4. The molecule has 6 N–H and O–H groups in total. The molecule has 0 saturated heterocycles. The first kappa shape index (κ1) is 21.4. The number of nitrogens with zero attached hydrogens (tertiary/aromatic N) is 4. The topological polar surface area (TPSA) is 137 Å². The Morgan fingerprint density at radius 2 is 2.06 bits per heavy atom. The molecule has 10 heteroatoms. The van der Waals surface area contributed by atoms with Gasteiger partial charge in [0.15, 0.2) is 5.82 Å². The van der Waals surface area contributed by atoms with Crippen molar-refractivity contribution < 1.29 is 9.18 Å². The molecule has 3 aromatic heterocycles. The lowest BCUT2D eigenvalue weighted by atomic mass is 9.99. The average Bonchev–Trinajstić information content (AvgIpc) is 3.04. The molecule has 0 atom stereocenters. The largest absolute Gasteiger partial charge is 0.399 e. The summed E-state index contributed by atoms with van der Waals surface area (Å²) in [5.74, 6) is 0.840. The molecular formula is C24H23FN8O. The van der Waals surface area contributed by atoms with Crippen molar-refractivity contribution in [1.82, 2.24) is 25.1 Å². The maximum absolute atomic E-state index is 15.0. The van der Waals surface area contributed by atoms with Gasteiger partial charge < -0.3 is 22.1 Å².